The minimum atomic E-state index is -0.514. The normalized spacial score (nSPS) is 27.9. The Morgan fingerprint density at radius 2 is 1.78 bits per heavy atom. The molecule has 3 heteroatoms. The van der Waals surface area contributed by atoms with Gasteiger partial charge in [0.1, 0.15) is 11.1 Å². The molecule has 0 atom stereocenters. The lowest BCUT2D eigenvalue weighted by Crippen LogP contribution is -2.59. The molecule has 0 spiro atoms. The van der Waals surface area contributed by atoms with Crippen molar-refractivity contribution in [3.8, 4) is 12.3 Å². The molecule has 1 amide bonds. The number of carbonyl (C=O) groups excluding carboxylic acids is 1. The van der Waals surface area contributed by atoms with Gasteiger partial charge in [-0.05, 0) is 44.9 Å². The van der Waals surface area contributed by atoms with Crippen LogP contribution in [0, 0.1) is 23.7 Å². The predicted molar refractivity (Wildman–Crippen MR) is 73.1 cm³/mol. The van der Waals surface area contributed by atoms with Gasteiger partial charge in [-0.15, -0.1) is 6.42 Å². The van der Waals surface area contributed by atoms with E-state index in [2.05, 4.69) is 32.0 Å². The van der Waals surface area contributed by atoms with E-state index in [9.17, 15) is 4.79 Å². The molecule has 0 unspecified atom stereocenters. The van der Waals surface area contributed by atoms with Gasteiger partial charge < -0.3 is 10.1 Å². The third kappa shape index (κ3) is 3.66. The molecule has 0 aromatic carbocycles. The number of hydrogen-bond acceptors (Lipinski definition) is 2. The van der Waals surface area contributed by atoms with Crippen molar-refractivity contribution in [1.29, 1.82) is 0 Å². The van der Waals surface area contributed by atoms with Gasteiger partial charge in [-0.1, -0.05) is 26.7 Å². The van der Waals surface area contributed by atoms with Crippen molar-refractivity contribution in [2.75, 3.05) is 0 Å². The summed E-state index contributed by atoms with van der Waals surface area (Å²) in [7, 11) is 0. The molecule has 1 aliphatic carbocycles. The maximum atomic E-state index is 11.8. The van der Waals surface area contributed by atoms with E-state index in [1.165, 1.54) is 0 Å². The zero-order valence-electron chi connectivity index (χ0n) is 12.4. The summed E-state index contributed by atoms with van der Waals surface area (Å²) in [6.07, 6.45) is 6.79. The standard InChI is InChI=1S/C15H25NO2/c1-8-15(9-11(10-15)13(2,3)4)16-12(17)18-14(5,6)7/h1,11H,9-10H2,2-7H3,(H,16,17). The molecule has 0 aromatic heterocycles. The van der Waals surface area contributed by atoms with Crippen molar-refractivity contribution in [1.82, 2.24) is 5.32 Å². The average Bonchev–Trinajstić information content (AvgIpc) is 2.05. The molecule has 3 nitrogen and oxygen atoms in total. The zero-order valence-corrected chi connectivity index (χ0v) is 12.4. The van der Waals surface area contributed by atoms with E-state index in [0.29, 0.717) is 5.92 Å². The molecule has 0 radical (unpaired) electrons. The number of ether oxygens (including phenoxy) is 1. The van der Waals surface area contributed by atoms with E-state index in [1.807, 2.05) is 20.8 Å². The SMILES string of the molecule is C#CC1(NC(=O)OC(C)(C)C)CC(C(C)(C)C)C1. The fourth-order valence-electron chi connectivity index (χ4n) is 2.15. The molecular weight excluding hydrogens is 226 g/mol. The summed E-state index contributed by atoms with van der Waals surface area (Å²) in [4.78, 5) is 11.8. The van der Waals surface area contributed by atoms with E-state index in [-0.39, 0.29) is 5.41 Å². The van der Waals surface area contributed by atoms with Gasteiger partial charge in [0.05, 0.1) is 0 Å². The number of hydrogen-bond donors (Lipinski definition) is 1. The lowest BCUT2D eigenvalue weighted by Gasteiger charge is -2.50. The van der Waals surface area contributed by atoms with E-state index in [4.69, 9.17) is 11.2 Å². The van der Waals surface area contributed by atoms with Gasteiger partial charge in [-0.25, -0.2) is 4.79 Å². The van der Waals surface area contributed by atoms with Crippen molar-refractivity contribution in [2.45, 2.75) is 65.5 Å². The fraction of sp³-hybridized carbons (Fsp3) is 0.800. The molecule has 1 aliphatic rings. The first-order valence-corrected chi connectivity index (χ1v) is 6.46. The number of nitrogens with one attached hydrogen (secondary N) is 1. The number of alkyl carbamates (subject to hydrolysis) is 1. The molecule has 0 heterocycles. The first-order chi connectivity index (χ1) is 7.97. The highest BCUT2D eigenvalue weighted by molar-refractivity contribution is 5.70. The average molecular weight is 251 g/mol. The molecule has 1 fully saturated rings. The molecule has 0 bridgehead atoms. The van der Waals surface area contributed by atoms with Crippen molar-refractivity contribution in [2.24, 2.45) is 11.3 Å². The minimum absolute atomic E-state index is 0.232. The second-order valence-corrected chi connectivity index (χ2v) is 7.32. The summed E-state index contributed by atoms with van der Waals surface area (Å²) in [5.74, 6) is 3.27. The molecule has 1 N–H and O–H groups in total. The Balaban J connectivity index is 2.57. The summed E-state index contributed by atoms with van der Waals surface area (Å²) in [5, 5.41) is 2.84. The predicted octanol–water partition coefficient (Wildman–Crippen LogP) is 3.34. The van der Waals surface area contributed by atoms with Gasteiger partial charge in [-0.2, -0.15) is 0 Å². The maximum absolute atomic E-state index is 11.8. The summed E-state index contributed by atoms with van der Waals surface area (Å²) in [6, 6.07) is 0. The molecule has 0 aromatic rings. The maximum Gasteiger partial charge on any atom is 0.408 e. The second-order valence-electron chi connectivity index (χ2n) is 7.32. The zero-order chi connectivity index (χ0) is 14.2. The van der Waals surface area contributed by atoms with E-state index >= 15 is 0 Å². The molecule has 18 heavy (non-hydrogen) atoms. The number of carbonyl (C=O) groups is 1. The van der Waals surface area contributed by atoms with Crippen LogP contribution in [-0.4, -0.2) is 17.2 Å². The Morgan fingerprint density at radius 3 is 2.11 bits per heavy atom. The Morgan fingerprint density at radius 1 is 1.28 bits per heavy atom. The van der Waals surface area contributed by atoms with Crippen molar-refractivity contribution in [3.63, 3.8) is 0 Å². The third-order valence-corrected chi connectivity index (χ3v) is 3.43. The smallest absolute Gasteiger partial charge is 0.408 e. The molecule has 0 saturated heterocycles. The van der Waals surface area contributed by atoms with Crippen LogP contribution in [0.5, 0.6) is 0 Å². The van der Waals surface area contributed by atoms with Crippen LogP contribution in [0.15, 0.2) is 0 Å². The number of amides is 1. The lowest BCUT2D eigenvalue weighted by atomic mass is 9.59. The van der Waals surface area contributed by atoms with Crippen molar-refractivity contribution < 1.29 is 9.53 Å². The summed E-state index contributed by atoms with van der Waals surface area (Å²) >= 11 is 0. The quantitative estimate of drug-likeness (QED) is 0.726. The van der Waals surface area contributed by atoms with Crippen LogP contribution in [0.1, 0.15) is 54.4 Å². The minimum Gasteiger partial charge on any atom is -0.444 e. The van der Waals surface area contributed by atoms with E-state index in [1.54, 1.807) is 0 Å². The molecule has 1 rings (SSSR count). The summed E-state index contributed by atoms with van der Waals surface area (Å²) < 4.78 is 5.25. The summed E-state index contributed by atoms with van der Waals surface area (Å²) in [5.41, 5.74) is -0.775. The monoisotopic (exact) mass is 251 g/mol. The Bertz CT molecular complexity index is 359. The van der Waals surface area contributed by atoms with Gasteiger partial charge >= 0.3 is 6.09 Å². The van der Waals surface area contributed by atoms with Gasteiger partial charge in [-0.3, -0.25) is 0 Å². The largest absolute Gasteiger partial charge is 0.444 e. The third-order valence-electron chi connectivity index (χ3n) is 3.43. The van der Waals surface area contributed by atoms with Crippen LogP contribution in [-0.2, 0) is 4.74 Å². The first-order valence-electron chi connectivity index (χ1n) is 6.46. The Hall–Kier alpha value is -1.17. The van der Waals surface area contributed by atoms with Crippen molar-refractivity contribution >= 4 is 6.09 Å². The van der Waals surface area contributed by atoms with Crippen molar-refractivity contribution in [3.05, 3.63) is 0 Å². The molecule has 1 saturated carbocycles. The van der Waals surface area contributed by atoms with Crippen LogP contribution in [0.4, 0.5) is 4.79 Å². The topological polar surface area (TPSA) is 38.3 Å². The lowest BCUT2D eigenvalue weighted by molar-refractivity contribution is 0.0231. The van der Waals surface area contributed by atoms with Crippen LogP contribution in [0.2, 0.25) is 0 Å². The highest BCUT2D eigenvalue weighted by atomic mass is 16.6. The number of rotatable bonds is 1. The van der Waals surface area contributed by atoms with Gasteiger partial charge in [0.15, 0.2) is 0 Å². The molecular formula is C15H25NO2. The van der Waals surface area contributed by atoms with E-state index < -0.39 is 17.2 Å². The van der Waals surface area contributed by atoms with Crippen LogP contribution in [0.25, 0.3) is 0 Å². The van der Waals surface area contributed by atoms with Gasteiger partial charge in [0.2, 0.25) is 0 Å². The van der Waals surface area contributed by atoms with Gasteiger partial charge in [0, 0.05) is 0 Å². The Labute approximate surface area is 111 Å². The Kier molecular flexibility index (Phi) is 3.72. The first kappa shape index (κ1) is 14.9. The van der Waals surface area contributed by atoms with Crippen LogP contribution in [0.3, 0.4) is 0 Å². The van der Waals surface area contributed by atoms with E-state index in [0.717, 1.165) is 12.8 Å². The molecule has 102 valence electrons. The summed E-state index contributed by atoms with van der Waals surface area (Å²) in [6.45, 7) is 12.1. The molecule has 0 aliphatic heterocycles. The number of terminal acetylenes is 1. The van der Waals surface area contributed by atoms with Crippen LogP contribution < -0.4 is 5.32 Å². The highest BCUT2D eigenvalue weighted by Crippen LogP contribution is 2.47. The van der Waals surface area contributed by atoms with Crippen LogP contribution >= 0.6 is 0 Å². The highest BCUT2D eigenvalue weighted by Gasteiger charge is 2.49. The second kappa shape index (κ2) is 4.50. The van der Waals surface area contributed by atoms with Gasteiger partial charge in [0.25, 0.3) is 0 Å². The fourth-order valence-corrected chi connectivity index (χ4v) is 2.15.